The Labute approximate surface area is 257 Å². The van der Waals surface area contributed by atoms with Gasteiger partial charge in [-0.05, 0) is 32.4 Å². The topological polar surface area (TPSA) is 199 Å². The van der Waals surface area contributed by atoms with E-state index in [1.807, 2.05) is 6.92 Å². The fourth-order valence-electron chi connectivity index (χ4n) is 4.94. The third kappa shape index (κ3) is 9.66. The number of nitrogens with one attached hydrogen (secondary N) is 1. The average molecular weight is 618 g/mol. The normalized spacial score (nSPS) is 25.3. The fraction of sp³-hybridized carbons (Fsp3) is 0.484. The van der Waals surface area contributed by atoms with Crippen LogP contribution in [0.25, 0.3) is 0 Å². The van der Waals surface area contributed by atoms with E-state index in [4.69, 9.17) is 24.7 Å². The number of allylic oxidation sites excluding steroid dienone is 2. The highest BCUT2D eigenvalue weighted by atomic mass is 16.6. The first-order valence-electron chi connectivity index (χ1n) is 14.0. The second-order valence-corrected chi connectivity index (χ2v) is 10.7. The van der Waals surface area contributed by atoms with Crippen molar-refractivity contribution in [1.82, 2.24) is 0 Å². The van der Waals surface area contributed by atoms with Gasteiger partial charge < -0.3 is 45.3 Å². The minimum Gasteiger partial charge on any atom is -0.506 e. The van der Waals surface area contributed by atoms with E-state index in [2.05, 4.69) is 17.0 Å². The molecule has 2 rings (SSSR count). The SMILES string of the molecule is C=Nc1c(O)cc2c(O)c1C[C@@H](C)C[C@H](OC)[C@H](O)[C@@H](C)C=C(COC(C)=O)[C@H](OC(N)=O)[C@@H](OC)C=CC=C(C)C(=O)N2. The van der Waals surface area contributed by atoms with Crippen molar-refractivity contribution in [3.8, 4) is 11.5 Å². The Morgan fingerprint density at radius 2 is 1.89 bits per heavy atom. The molecule has 1 aromatic carbocycles. The lowest BCUT2D eigenvalue weighted by Gasteiger charge is -2.30. The molecule has 0 saturated carbocycles. The molecule has 6 N–H and O–H groups in total. The summed E-state index contributed by atoms with van der Waals surface area (Å²) in [5, 5.41) is 35.7. The van der Waals surface area contributed by atoms with Crippen LogP contribution < -0.4 is 11.1 Å². The number of hydrogen-bond donors (Lipinski definition) is 5. The Kier molecular flexibility index (Phi) is 13.6. The molecule has 1 aliphatic heterocycles. The Morgan fingerprint density at radius 3 is 2.45 bits per heavy atom. The van der Waals surface area contributed by atoms with Gasteiger partial charge in [0.15, 0.2) is 6.10 Å². The number of aliphatic hydroxyl groups is 1. The van der Waals surface area contributed by atoms with Crippen LogP contribution in [0.5, 0.6) is 11.5 Å². The molecule has 0 aromatic heterocycles. The van der Waals surface area contributed by atoms with E-state index in [0.29, 0.717) is 12.0 Å². The molecule has 44 heavy (non-hydrogen) atoms. The molecule has 2 amide bonds. The van der Waals surface area contributed by atoms with Gasteiger partial charge in [0, 0.05) is 49.8 Å². The fourth-order valence-corrected chi connectivity index (χ4v) is 4.94. The van der Waals surface area contributed by atoms with Gasteiger partial charge >= 0.3 is 12.1 Å². The van der Waals surface area contributed by atoms with E-state index in [0.717, 1.165) is 0 Å². The first-order valence-corrected chi connectivity index (χ1v) is 14.0. The van der Waals surface area contributed by atoms with Crippen molar-refractivity contribution in [1.29, 1.82) is 0 Å². The number of methoxy groups -OCH3 is 2. The smallest absolute Gasteiger partial charge is 0.405 e. The number of primary amides is 1. The number of carbonyl (C=O) groups is 3. The maximum Gasteiger partial charge on any atom is 0.405 e. The van der Waals surface area contributed by atoms with Crippen molar-refractivity contribution in [3.63, 3.8) is 0 Å². The lowest BCUT2D eigenvalue weighted by Crippen LogP contribution is -2.38. The molecule has 0 saturated heterocycles. The number of aliphatic hydroxyl groups excluding tert-OH is 1. The number of phenolic OH excluding ortho intramolecular Hbond substituents is 2. The molecule has 0 spiro atoms. The maximum atomic E-state index is 13.0. The Hall–Kier alpha value is -4.20. The van der Waals surface area contributed by atoms with Gasteiger partial charge in [0.2, 0.25) is 0 Å². The highest BCUT2D eigenvalue weighted by Crippen LogP contribution is 2.43. The number of ether oxygens (including phenoxy) is 4. The van der Waals surface area contributed by atoms with E-state index >= 15 is 0 Å². The molecular formula is C31H43N3O10. The summed E-state index contributed by atoms with van der Waals surface area (Å²) in [7, 11) is 2.81. The summed E-state index contributed by atoms with van der Waals surface area (Å²) in [5.41, 5.74) is 6.19. The summed E-state index contributed by atoms with van der Waals surface area (Å²) in [6.07, 6.45) is 1.52. The van der Waals surface area contributed by atoms with Gasteiger partial charge in [-0.15, -0.1) is 0 Å². The summed E-state index contributed by atoms with van der Waals surface area (Å²) in [6, 6.07) is 1.18. The number of phenols is 2. The second kappa shape index (κ2) is 16.6. The van der Waals surface area contributed by atoms with E-state index in [1.54, 1.807) is 13.0 Å². The van der Waals surface area contributed by atoms with Gasteiger partial charge in [0.05, 0.1) is 17.9 Å². The number of fused-ring (bicyclic) bond motifs is 2. The Bertz CT molecular complexity index is 1310. The zero-order valence-electron chi connectivity index (χ0n) is 25.9. The number of aromatic hydroxyl groups is 2. The van der Waals surface area contributed by atoms with Gasteiger partial charge in [-0.1, -0.05) is 38.2 Å². The summed E-state index contributed by atoms with van der Waals surface area (Å²) in [4.78, 5) is 40.5. The van der Waals surface area contributed by atoms with Gasteiger partial charge in [-0.3, -0.25) is 14.6 Å². The number of nitrogens with zero attached hydrogens (tertiary/aromatic N) is 1. The van der Waals surface area contributed by atoms with Crippen molar-refractivity contribution < 1.29 is 48.7 Å². The lowest BCUT2D eigenvalue weighted by atomic mass is 9.87. The van der Waals surface area contributed by atoms with Crippen LogP contribution in [0.1, 0.15) is 39.7 Å². The lowest BCUT2D eigenvalue weighted by molar-refractivity contribution is -0.140. The number of benzene rings is 1. The van der Waals surface area contributed by atoms with Crippen LogP contribution in [0, 0.1) is 11.8 Å². The Balaban J connectivity index is 2.73. The van der Waals surface area contributed by atoms with E-state index in [1.165, 1.54) is 52.4 Å². The highest BCUT2D eigenvalue weighted by Gasteiger charge is 2.32. The molecule has 1 aliphatic rings. The number of carbonyl (C=O) groups excluding carboxylic acids is 3. The van der Waals surface area contributed by atoms with Gasteiger partial charge in [-0.25, -0.2) is 4.79 Å². The van der Waals surface area contributed by atoms with E-state index in [9.17, 15) is 29.7 Å². The van der Waals surface area contributed by atoms with Crippen molar-refractivity contribution in [2.75, 3.05) is 26.1 Å². The molecule has 0 unspecified atom stereocenters. The van der Waals surface area contributed by atoms with Gasteiger partial charge in [0.25, 0.3) is 5.91 Å². The predicted molar refractivity (Wildman–Crippen MR) is 164 cm³/mol. The number of anilines is 1. The first-order chi connectivity index (χ1) is 20.7. The number of aliphatic imine (C=N–C) groups is 1. The summed E-state index contributed by atoms with van der Waals surface area (Å²) in [6.45, 7) is 9.54. The molecule has 13 nitrogen and oxygen atoms in total. The van der Waals surface area contributed by atoms with Crippen LogP contribution in [0.3, 0.4) is 0 Å². The predicted octanol–water partition coefficient (Wildman–Crippen LogP) is 3.43. The molecule has 6 atom stereocenters. The number of rotatable bonds is 6. The zero-order chi connectivity index (χ0) is 33.1. The monoisotopic (exact) mass is 617 g/mol. The van der Waals surface area contributed by atoms with Crippen molar-refractivity contribution >= 4 is 36.1 Å². The van der Waals surface area contributed by atoms with E-state index in [-0.39, 0.29) is 53.0 Å². The third-order valence-corrected chi connectivity index (χ3v) is 7.27. The highest BCUT2D eigenvalue weighted by molar-refractivity contribution is 6.04. The maximum absolute atomic E-state index is 13.0. The number of nitrogens with two attached hydrogens (primary N) is 1. The third-order valence-electron chi connectivity index (χ3n) is 7.27. The molecule has 0 aliphatic carbocycles. The average Bonchev–Trinajstić information content (AvgIpc) is 2.96. The minimum atomic E-state index is -1.17. The standard InChI is InChI=1S/C31H43N3O10/c1-16-11-21-26(33-5)23(36)14-22(28(21)38)34-30(39)17(2)9-8-10-24(41-6)29(44-31(32)40)20(15-43-19(4)35)13-18(3)27(37)25(12-16)42-7/h8-10,13-14,16,18,24-25,27,29,36-38H,5,11-12,15H2,1-4,6-7H3,(H2,32,40)(H,34,39)/t16-,18+,24+,25+,27-,29+/m1/s1. The first kappa shape index (κ1) is 36.0. The molecule has 1 heterocycles. The van der Waals surface area contributed by atoms with Crippen molar-refractivity contribution in [2.45, 2.75) is 65.0 Å². The minimum absolute atomic E-state index is 0.0299. The largest absolute Gasteiger partial charge is 0.506 e. The molecule has 242 valence electrons. The number of esters is 1. The molecule has 2 bridgehead atoms. The van der Waals surface area contributed by atoms with Crippen LogP contribution in [0.15, 0.2) is 46.5 Å². The molecule has 0 radical (unpaired) electrons. The van der Waals surface area contributed by atoms with Crippen molar-refractivity contribution in [2.24, 2.45) is 22.6 Å². The molecular weight excluding hydrogens is 574 g/mol. The number of hydrogen-bond acceptors (Lipinski definition) is 11. The quantitative estimate of drug-likeness (QED) is 0.104. The molecule has 0 fully saturated rings. The number of amides is 2. The van der Waals surface area contributed by atoms with Crippen LogP contribution in [-0.4, -0.2) is 85.2 Å². The van der Waals surface area contributed by atoms with Gasteiger partial charge in [0.1, 0.15) is 29.9 Å². The summed E-state index contributed by atoms with van der Waals surface area (Å²) < 4.78 is 21.8. The van der Waals surface area contributed by atoms with Crippen LogP contribution in [0.2, 0.25) is 0 Å². The van der Waals surface area contributed by atoms with Crippen LogP contribution in [-0.2, 0) is 35.0 Å². The van der Waals surface area contributed by atoms with Gasteiger partial charge in [-0.2, -0.15) is 0 Å². The summed E-state index contributed by atoms with van der Waals surface area (Å²) in [5.74, 6) is -2.58. The second-order valence-electron chi connectivity index (χ2n) is 10.7. The van der Waals surface area contributed by atoms with Crippen LogP contribution in [0.4, 0.5) is 16.2 Å². The zero-order valence-corrected chi connectivity index (χ0v) is 25.9. The van der Waals surface area contributed by atoms with Crippen molar-refractivity contribution in [3.05, 3.63) is 47.1 Å². The molecule has 13 heteroatoms. The Morgan fingerprint density at radius 1 is 1.20 bits per heavy atom. The van der Waals surface area contributed by atoms with E-state index < -0.39 is 48.3 Å². The van der Waals surface area contributed by atoms with Crippen LogP contribution >= 0.6 is 0 Å². The molecule has 1 aromatic rings. The summed E-state index contributed by atoms with van der Waals surface area (Å²) >= 11 is 0.